The zero-order valence-corrected chi connectivity index (χ0v) is 12.3. The number of hydrogen-bond donors (Lipinski definition) is 1. The monoisotopic (exact) mass is 287 g/mol. The second kappa shape index (κ2) is 7.65. The average molecular weight is 288 g/mol. The largest absolute Gasteiger partial charge is 0.354 e. The Bertz CT molecular complexity index is 387. The minimum Gasteiger partial charge on any atom is -0.354 e. The van der Waals surface area contributed by atoms with E-state index < -0.39 is 0 Å². The van der Waals surface area contributed by atoms with Gasteiger partial charge >= 0.3 is 0 Å². The van der Waals surface area contributed by atoms with Crippen molar-refractivity contribution < 1.29 is 4.79 Å². The lowest BCUT2D eigenvalue weighted by Gasteiger charge is -2.13. The van der Waals surface area contributed by atoms with Crippen molar-refractivity contribution in [3.63, 3.8) is 0 Å². The summed E-state index contributed by atoms with van der Waals surface area (Å²) in [4.78, 5) is 11.7. The van der Waals surface area contributed by atoms with E-state index in [2.05, 4.69) is 12.2 Å². The SMILES string of the molecule is CCCC(C)NC(=O)CCc1c(Cl)cccc1Cl. The molecule has 0 saturated heterocycles. The number of rotatable bonds is 6. The van der Waals surface area contributed by atoms with Crippen molar-refractivity contribution in [3.05, 3.63) is 33.8 Å². The van der Waals surface area contributed by atoms with Crippen LogP contribution in [-0.2, 0) is 11.2 Å². The standard InChI is InChI=1S/C14H19Cl2NO/c1-3-5-10(2)17-14(18)9-8-11-12(15)6-4-7-13(11)16/h4,6-7,10H,3,5,8-9H2,1-2H3,(H,17,18). The highest BCUT2D eigenvalue weighted by Crippen LogP contribution is 2.25. The lowest BCUT2D eigenvalue weighted by molar-refractivity contribution is -0.121. The number of amides is 1. The van der Waals surface area contributed by atoms with Crippen LogP contribution in [0.2, 0.25) is 10.0 Å². The Hall–Kier alpha value is -0.730. The molecule has 1 rings (SSSR count). The summed E-state index contributed by atoms with van der Waals surface area (Å²) >= 11 is 12.1. The first-order chi connectivity index (χ1) is 8.54. The highest BCUT2D eigenvalue weighted by molar-refractivity contribution is 6.36. The van der Waals surface area contributed by atoms with Crippen molar-refractivity contribution in [2.24, 2.45) is 0 Å². The average Bonchev–Trinajstić information content (AvgIpc) is 2.28. The van der Waals surface area contributed by atoms with E-state index in [0.29, 0.717) is 22.9 Å². The third kappa shape index (κ3) is 4.87. The molecule has 2 nitrogen and oxygen atoms in total. The fourth-order valence-corrected chi connectivity index (χ4v) is 2.45. The van der Waals surface area contributed by atoms with Gasteiger partial charge in [-0.2, -0.15) is 0 Å². The lowest BCUT2D eigenvalue weighted by Crippen LogP contribution is -2.32. The predicted molar refractivity (Wildman–Crippen MR) is 77.3 cm³/mol. The molecule has 0 bridgehead atoms. The summed E-state index contributed by atoms with van der Waals surface area (Å²) in [6.07, 6.45) is 3.05. The summed E-state index contributed by atoms with van der Waals surface area (Å²) in [7, 11) is 0. The van der Waals surface area contributed by atoms with Gasteiger partial charge in [-0.05, 0) is 37.5 Å². The summed E-state index contributed by atoms with van der Waals surface area (Å²) in [6, 6.07) is 5.61. The second-order valence-electron chi connectivity index (χ2n) is 4.46. The molecular weight excluding hydrogens is 269 g/mol. The van der Waals surface area contributed by atoms with Gasteiger partial charge in [0, 0.05) is 22.5 Å². The molecule has 0 radical (unpaired) electrons. The molecule has 18 heavy (non-hydrogen) atoms. The third-order valence-electron chi connectivity index (χ3n) is 2.79. The number of halogens is 2. The number of hydrogen-bond acceptors (Lipinski definition) is 1. The van der Waals surface area contributed by atoms with Crippen molar-refractivity contribution in [2.45, 2.75) is 45.6 Å². The maximum atomic E-state index is 11.7. The number of benzene rings is 1. The van der Waals surface area contributed by atoms with Crippen molar-refractivity contribution in [1.29, 1.82) is 0 Å². The van der Waals surface area contributed by atoms with Crippen LogP contribution in [0.1, 0.15) is 38.7 Å². The van der Waals surface area contributed by atoms with Crippen LogP contribution < -0.4 is 5.32 Å². The maximum Gasteiger partial charge on any atom is 0.220 e. The van der Waals surface area contributed by atoms with Gasteiger partial charge in [0.15, 0.2) is 0 Å². The molecule has 0 aliphatic carbocycles. The number of nitrogens with one attached hydrogen (secondary N) is 1. The van der Waals surface area contributed by atoms with Crippen molar-refractivity contribution in [3.8, 4) is 0 Å². The van der Waals surface area contributed by atoms with E-state index in [9.17, 15) is 4.79 Å². The van der Waals surface area contributed by atoms with Crippen LogP contribution >= 0.6 is 23.2 Å². The molecule has 1 N–H and O–H groups in total. The van der Waals surface area contributed by atoms with E-state index in [4.69, 9.17) is 23.2 Å². The van der Waals surface area contributed by atoms with E-state index in [1.54, 1.807) is 18.2 Å². The van der Waals surface area contributed by atoms with Gasteiger partial charge in [0.05, 0.1) is 0 Å². The van der Waals surface area contributed by atoms with E-state index in [0.717, 1.165) is 18.4 Å². The fraction of sp³-hybridized carbons (Fsp3) is 0.500. The zero-order chi connectivity index (χ0) is 13.5. The molecule has 0 aliphatic rings. The molecule has 1 unspecified atom stereocenters. The molecule has 0 saturated carbocycles. The van der Waals surface area contributed by atoms with Gasteiger partial charge < -0.3 is 5.32 Å². The minimum atomic E-state index is 0.0481. The zero-order valence-electron chi connectivity index (χ0n) is 10.8. The Morgan fingerprint density at radius 2 is 1.94 bits per heavy atom. The summed E-state index contributed by atoms with van der Waals surface area (Å²) < 4.78 is 0. The fourth-order valence-electron chi connectivity index (χ4n) is 1.86. The van der Waals surface area contributed by atoms with E-state index >= 15 is 0 Å². The molecule has 1 amide bonds. The maximum absolute atomic E-state index is 11.7. The molecular formula is C14H19Cl2NO. The lowest BCUT2D eigenvalue weighted by atomic mass is 10.1. The molecule has 0 fully saturated rings. The van der Waals surface area contributed by atoms with Gasteiger partial charge in [-0.1, -0.05) is 42.6 Å². The molecule has 1 aromatic carbocycles. The van der Waals surface area contributed by atoms with Crippen LogP contribution in [0.5, 0.6) is 0 Å². The Morgan fingerprint density at radius 1 is 1.33 bits per heavy atom. The minimum absolute atomic E-state index is 0.0481. The molecule has 1 atom stereocenters. The van der Waals surface area contributed by atoms with Crippen LogP contribution in [0, 0.1) is 0 Å². The van der Waals surface area contributed by atoms with Crippen LogP contribution in [0.4, 0.5) is 0 Å². The highest BCUT2D eigenvalue weighted by atomic mass is 35.5. The van der Waals surface area contributed by atoms with Crippen molar-refractivity contribution in [1.82, 2.24) is 5.32 Å². The summed E-state index contributed by atoms with van der Waals surface area (Å²) in [5, 5.41) is 4.21. The first-order valence-corrected chi connectivity index (χ1v) is 7.02. The van der Waals surface area contributed by atoms with Gasteiger partial charge in [0.1, 0.15) is 0 Å². The third-order valence-corrected chi connectivity index (χ3v) is 3.50. The number of carbonyl (C=O) groups excluding carboxylic acids is 1. The summed E-state index contributed by atoms with van der Waals surface area (Å²) in [6.45, 7) is 4.12. The molecule has 4 heteroatoms. The van der Waals surface area contributed by atoms with E-state index in [-0.39, 0.29) is 11.9 Å². The number of carbonyl (C=O) groups is 1. The highest BCUT2D eigenvalue weighted by Gasteiger charge is 2.10. The van der Waals surface area contributed by atoms with Gasteiger partial charge in [-0.3, -0.25) is 4.79 Å². The molecule has 0 spiro atoms. The Kier molecular flexibility index (Phi) is 6.51. The summed E-state index contributed by atoms with van der Waals surface area (Å²) in [5.74, 6) is 0.0481. The molecule has 0 heterocycles. The van der Waals surface area contributed by atoms with Gasteiger partial charge in [0.2, 0.25) is 5.91 Å². The second-order valence-corrected chi connectivity index (χ2v) is 5.27. The van der Waals surface area contributed by atoms with Crippen LogP contribution in [0.15, 0.2) is 18.2 Å². The van der Waals surface area contributed by atoms with Crippen molar-refractivity contribution >= 4 is 29.1 Å². The van der Waals surface area contributed by atoms with Gasteiger partial charge in [-0.25, -0.2) is 0 Å². The summed E-state index contributed by atoms with van der Waals surface area (Å²) in [5.41, 5.74) is 0.846. The molecule has 1 aromatic rings. The quantitative estimate of drug-likeness (QED) is 0.833. The molecule has 0 aliphatic heterocycles. The Balaban J connectivity index is 2.48. The van der Waals surface area contributed by atoms with Gasteiger partial charge in [0.25, 0.3) is 0 Å². The topological polar surface area (TPSA) is 29.1 Å². The molecule has 100 valence electrons. The normalized spacial score (nSPS) is 12.2. The van der Waals surface area contributed by atoms with Gasteiger partial charge in [-0.15, -0.1) is 0 Å². The predicted octanol–water partition coefficient (Wildman–Crippen LogP) is 4.23. The van der Waals surface area contributed by atoms with Crippen LogP contribution in [0.25, 0.3) is 0 Å². The van der Waals surface area contributed by atoms with E-state index in [1.165, 1.54) is 0 Å². The van der Waals surface area contributed by atoms with Crippen LogP contribution in [0.3, 0.4) is 0 Å². The van der Waals surface area contributed by atoms with Crippen molar-refractivity contribution in [2.75, 3.05) is 0 Å². The van der Waals surface area contributed by atoms with E-state index in [1.807, 2.05) is 6.92 Å². The smallest absolute Gasteiger partial charge is 0.220 e. The molecule has 0 aromatic heterocycles. The first kappa shape index (κ1) is 15.3. The van der Waals surface area contributed by atoms with Crippen LogP contribution in [-0.4, -0.2) is 11.9 Å². The Labute approximate surface area is 119 Å². The first-order valence-electron chi connectivity index (χ1n) is 6.26. The Morgan fingerprint density at radius 3 is 2.50 bits per heavy atom.